The van der Waals surface area contributed by atoms with E-state index in [4.69, 9.17) is 0 Å². The van der Waals surface area contributed by atoms with Crippen molar-refractivity contribution in [3.05, 3.63) is 58.3 Å². The van der Waals surface area contributed by atoms with Gasteiger partial charge in [-0.15, -0.1) is 0 Å². The first kappa shape index (κ1) is 14.5. The lowest BCUT2D eigenvalue weighted by Crippen LogP contribution is -2.12. The summed E-state index contributed by atoms with van der Waals surface area (Å²) in [5.41, 5.74) is 2.45. The minimum absolute atomic E-state index is 0.00134. The molecule has 0 amide bonds. The van der Waals surface area contributed by atoms with Gasteiger partial charge in [-0.1, -0.05) is 25.5 Å². The number of benzene rings is 2. The summed E-state index contributed by atoms with van der Waals surface area (Å²) in [6, 6.07) is 13.1. The number of hydrogen-bond acceptors (Lipinski definition) is 2. The maximum atomic E-state index is 12.8. The average Bonchev–Trinajstić information content (AvgIpc) is 2.54. The molecule has 0 atom stereocenters. The largest absolute Gasteiger partial charge is 0.340 e. The van der Waals surface area contributed by atoms with Gasteiger partial charge >= 0.3 is 0 Å². The average molecular weight is 293 g/mol. The minimum Gasteiger partial charge on any atom is -0.340 e. The number of Topliss-reactive ketones (excluding diaryl/α,β-unsaturated/α-hetero) is 1. The summed E-state index contributed by atoms with van der Waals surface area (Å²) < 4.78 is 2.19. The zero-order valence-electron chi connectivity index (χ0n) is 12.9. The van der Waals surface area contributed by atoms with Gasteiger partial charge in [0.2, 0.25) is 0 Å². The van der Waals surface area contributed by atoms with Gasteiger partial charge in [0.15, 0.2) is 11.2 Å². The number of ketones is 1. The van der Waals surface area contributed by atoms with Crippen LogP contribution in [0.15, 0.2) is 47.3 Å². The van der Waals surface area contributed by atoms with E-state index in [1.54, 1.807) is 12.1 Å². The van der Waals surface area contributed by atoms with Crippen molar-refractivity contribution >= 4 is 27.6 Å². The first-order valence-electron chi connectivity index (χ1n) is 7.69. The van der Waals surface area contributed by atoms with Crippen molar-refractivity contribution in [2.24, 2.45) is 0 Å². The molecule has 0 N–H and O–H groups in total. The van der Waals surface area contributed by atoms with E-state index in [2.05, 4.69) is 11.5 Å². The first-order valence-corrected chi connectivity index (χ1v) is 7.69. The number of carbonyl (C=O) groups is 1. The molecule has 0 aliphatic heterocycles. The Morgan fingerprint density at radius 2 is 1.77 bits per heavy atom. The van der Waals surface area contributed by atoms with Crippen molar-refractivity contribution in [1.82, 2.24) is 4.57 Å². The van der Waals surface area contributed by atoms with Crippen LogP contribution in [0.2, 0.25) is 0 Å². The van der Waals surface area contributed by atoms with Gasteiger partial charge in [0.1, 0.15) is 0 Å². The van der Waals surface area contributed by atoms with E-state index in [1.165, 1.54) is 6.92 Å². The Morgan fingerprint density at radius 3 is 2.50 bits per heavy atom. The van der Waals surface area contributed by atoms with Gasteiger partial charge in [0.25, 0.3) is 0 Å². The van der Waals surface area contributed by atoms with E-state index < -0.39 is 0 Å². The molecule has 0 saturated heterocycles. The van der Waals surface area contributed by atoms with E-state index in [0.717, 1.165) is 30.4 Å². The maximum Gasteiger partial charge on any atom is 0.197 e. The summed E-state index contributed by atoms with van der Waals surface area (Å²) >= 11 is 0. The Morgan fingerprint density at radius 1 is 1.05 bits per heavy atom. The molecule has 3 rings (SSSR count). The second-order valence-electron chi connectivity index (χ2n) is 5.64. The molecule has 0 bridgehead atoms. The van der Waals surface area contributed by atoms with Crippen LogP contribution in [0.25, 0.3) is 21.8 Å². The normalized spacial score (nSPS) is 11.2. The zero-order valence-corrected chi connectivity index (χ0v) is 12.9. The number of carbonyl (C=O) groups excluding carboxylic acids is 1. The lowest BCUT2D eigenvalue weighted by molar-refractivity contribution is 0.101. The zero-order chi connectivity index (χ0) is 15.7. The van der Waals surface area contributed by atoms with E-state index in [9.17, 15) is 9.59 Å². The molecule has 0 saturated carbocycles. The number of para-hydroxylation sites is 1. The van der Waals surface area contributed by atoms with Crippen molar-refractivity contribution in [1.29, 1.82) is 0 Å². The minimum atomic E-state index is -0.0189. The first-order chi connectivity index (χ1) is 10.6. The number of pyridine rings is 1. The SMILES string of the molecule is CCCCn1c2ccccc2c(=O)c2cc(C(C)=O)ccc21. The summed E-state index contributed by atoms with van der Waals surface area (Å²) in [7, 11) is 0. The van der Waals surface area contributed by atoms with Gasteiger partial charge in [-0.05, 0) is 43.7 Å². The van der Waals surface area contributed by atoms with Crippen molar-refractivity contribution in [2.75, 3.05) is 0 Å². The Balaban J connectivity index is 2.43. The number of aromatic nitrogens is 1. The van der Waals surface area contributed by atoms with Crippen molar-refractivity contribution in [2.45, 2.75) is 33.2 Å². The summed E-state index contributed by atoms with van der Waals surface area (Å²) in [6.07, 6.45) is 2.14. The van der Waals surface area contributed by atoms with Gasteiger partial charge in [-0.2, -0.15) is 0 Å². The Labute approximate surface area is 129 Å². The lowest BCUT2D eigenvalue weighted by atomic mass is 10.0. The number of rotatable bonds is 4. The molecule has 0 aliphatic carbocycles. The third-order valence-electron chi connectivity index (χ3n) is 4.11. The Bertz CT molecular complexity index is 922. The monoisotopic (exact) mass is 293 g/mol. The summed E-state index contributed by atoms with van der Waals surface area (Å²) in [5, 5.41) is 1.34. The van der Waals surface area contributed by atoms with Gasteiger partial charge in [-0.25, -0.2) is 0 Å². The molecule has 0 spiro atoms. The Kier molecular flexibility index (Phi) is 3.80. The van der Waals surface area contributed by atoms with E-state index in [0.29, 0.717) is 16.3 Å². The molecule has 112 valence electrons. The molecule has 0 unspecified atom stereocenters. The molecule has 3 aromatic rings. The third-order valence-corrected chi connectivity index (χ3v) is 4.11. The molecule has 0 aliphatic rings. The predicted octanol–water partition coefficient (Wildman–Crippen LogP) is 4.16. The van der Waals surface area contributed by atoms with Crippen molar-refractivity contribution < 1.29 is 4.79 Å². The van der Waals surface area contributed by atoms with Gasteiger partial charge in [0, 0.05) is 22.9 Å². The highest BCUT2D eigenvalue weighted by molar-refractivity contribution is 6.00. The van der Waals surface area contributed by atoms with Crippen LogP contribution in [-0.4, -0.2) is 10.4 Å². The fourth-order valence-electron chi connectivity index (χ4n) is 2.91. The fraction of sp³-hybridized carbons (Fsp3) is 0.263. The van der Waals surface area contributed by atoms with Crippen LogP contribution in [-0.2, 0) is 6.54 Å². The van der Waals surface area contributed by atoms with Gasteiger partial charge in [-0.3, -0.25) is 9.59 Å². The van der Waals surface area contributed by atoms with Crippen LogP contribution < -0.4 is 5.43 Å². The van der Waals surface area contributed by atoms with Gasteiger partial charge in [0.05, 0.1) is 11.0 Å². The number of unbranched alkanes of at least 4 members (excludes halogenated alkanes) is 1. The number of fused-ring (bicyclic) bond motifs is 2. The van der Waals surface area contributed by atoms with Crippen LogP contribution in [0, 0.1) is 0 Å². The third kappa shape index (κ3) is 2.33. The molecule has 1 heterocycles. The van der Waals surface area contributed by atoms with Crippen LogP contribution in [0.1, 0.15) is 37.0 Å². The van der Waals surface area contributed by atoms with Crippen LogP contribution >= 0.6 is 0 Å². The number of nitrogens with zero attached hydrogens (tertiary/aromatic N) is 1. The summed E-state index contributed by atoms with van der Waals surface area (Å²) in [6.45, 7) is 4.55. The summed E-state index contributed by atoms with van der Waals surface area (Å²) in [4.78, 5) is 24.4. The molecule has 0 radical (unpaired) electrons. The van der Waals surface area contributed by atoms with Crippen LogP contribution in [0.5, 0.6) is 0 Å². The quantitative estimate of drug-likeness (QED) is 0.535. The second-order valence-corrected chi connectivity index (χ2v) is 5.64. The number of hydrogen-bond donors (Lipinski definition) is 0. The highest BCUT2D eigenvalue weighted by atomic mass is 16.1. The maximum absolute atomic E-state index is 12.8. The van der Waals surface area contributed by atoms with Crippen LogP contribution in [0.3, 0.4) is 0 Å². The fourth-order valence-corrected chi connectivity index (χ4v) is 2.91. The van der Waals surface area contributed by atoms with Crippen molar-refractivity contribution in [3.8, 4) is 0 Å². The van der Waals surface area contributed by atoms with E-state index in [-0.39, 0.29) is 11.2 Å². The topological polar surface area (TPSA) is 39.1 Å². The molecule has 1 aromatic heterocycles. The lowest BCUT2D eigenvalue weighted by Gasteiger charge is -2.15. The van der Waals surface area contributed by atoms with Gasteiger partial charge < -0.3 is 4.57 Å². The van der Waals surface area contributed by atoms with Crippen LogP contribution in [0.4, 0.5) is 0 Å². The molecular weight excluding hydrogens is 274 g/mol. The second kappa shape index (κ2) is 5.76. The summed E-state index contributed by atoms with van der Waals surface area (Å²) in [5.74, 6) is -0.0189. The Hall–Kier alpha value is -2.42. The molecular formula is C19H19NO2. The molecule has 3 nitrogen and oxygen atoms in total. The predicted molar refractivity (Wildman–Crippen MR) is 90.6 cm³/mol. The van der Waals surface area contributed by atoms with E-state index in [1.807, 2.05) is 30.3 Å². The highest BCUT2D eigenvalue weighted by Crippen LogP contribution is 2.21. The smallest absolute Gasteiger partial charge is 0.197 e. The highest BCUT2D eigenvalue weighted by Gasteiger charge is 2.11. The molecule has 3 heteroatoms. The molecule has 2 aromatic carbocycles. The van der Waals surface area contributed by atoms with Crippen molar-refractivity contribution in [3.63, 3.8) is 0 Å². The number of aryl methyl sites for hydroxylation is 1. The standard InChI is InChI=1S/C19H19NO2/c1-3-4-11-20-17-8-6-5-7-15(17)19(22)16-12-14(13(2)21)9-10-18(16)20/h5-10,12H,3-4,11H2,1-2H3. The van der Waals surface area contributed by atoms with E-state index >= 15 is 0 Å². The molecule has 22 heavy (non-hydrogen) atoms. The molecule has 0 fully saturated rings.